The van der Waals surface area contributed by atoms with Crippen LogP contribution in [0.15, 0.2) is 11.0 Å². The molecule has 1 aromatic heterocycles. The average molecular weight is 292 g/mol. The Morgan fingerprint density at radius 2 is 1.95 bits per heavy atom. The lowest BCUT2D eigenvalue weighted by Gasteiger charge is -2.16. The van der Waals surface area contributed by atoms with Gasteiger partial charge in [-0.25, -0.2) is 8.78 Å². The van der Waals surface area contributed by atoms with Gasteiger partial charge in [0.05, 0.1) is 22.2 Å². The summed E-state index contributed by atoms with van der Waals surface area (Å²) in [5.41, 5.74) is 4.70. The van der Waals surface area contributed by atoms with Crippen molar-refractivity contribution < 1.29 is 13.6 Å². The van der Waals surface area contributed by atoms with Crippen molar-refractivity contribution in [1.29, 1.82) is 0 Å². The fraction of sp³-hybridized carbons (Fsp3) is 0.333. The predicted molar refractivity (Wildman–Crippen MR) is 75.5 cm³/mol. The summed E-state index contributed by atoms with van der Waals surface area (Å²) >= 11 is 0. The van der Waals surface area contributed by atoms with E-state index in [1.54, 1.807) is 4.57 Å². The summed E-state index contributed by atoms with van der Waals surface area (Å²) in [6.45, 7) is 2.68. The molecule has 3 rings (SSSR count). The molecule has 2 aromatic rings. The van der Waals surface area contributed by atoms with Gasteiger partial charge in [0.2, 0.25) is 5.43 Å². The number of carbonyl (C=O) groups excluding carboxylic acids is 1. The highest BCUT2D eigenvalue weighted by Gasteiger charge is 2.29. The van der Waals surface area contributed by atoms with Crippen LogP contribution < -0.4 is 11.2 Å². The number of ketones is 1. The molecule has 1 aliphatic carbocycles. The first kappa shape index (κ1) is 13.7. The topological polar surface area (TPSA) is 65.1 Å². The van der Waals surface area contributed by atoms with E-state index >= 15 is 0 Å². The molecule has 1 aliphatic rings. The second kappa shape index (κ2) is 4.38. The number of fused-ring (bicyclic) bond motifs is 1. The van der Waals surface area contributed by atoms with Crippen LogP contribution in [0.4, 0.5) is 14.5 Å². The van der Waals surface area contributed by atoms with Crippen molar-refractivity contribution in [1.82, 2.24) is 4.57 Å². The first-order chi connectivity index (χ1) is 9.84. The lowest BCUT2D eigenvalue weighted by Crippen LogP contribution is -2.20. The van der Waals surface area contributed by atoms with Gasteiger partial charge in [-0.1, -0.05) is 0 Å². The van der Waals surface area contributed by atoms with Gasteiger partial charge in [-0.15, -0.1) is 0 Å². The predicted octanol–water partition coefficient (Wildman–Crippen LogP) is 2.71. The Hall–Kier alpha value is -2.24. The summed E-state index contributed by atoms with van der Waals surface area (Å²) in [6.07, 6.45) is 3.18. The Labute approximate surface area is 119 Å². The molecule has 0 unspecified atom stereocenters. The third-order valence-corrected chi connectivity index (χ3v) is 3.94. The quantitative estimate of drug-likeness (QED) is 0.683. The summed E-state index contributed by atoms with van der Waals surface area (Å²) in [5, 5.41) is -0.106. The van der Waals surface area contributed by atoms with Crippen LogP contribution >= 0.6 is 0 Å². The molecule has 1 heterocycles. The molecule has 6 heteroatoms. The standard InChI is InChI=1S/C15H14F2N2O2/c1-6-11(16)12(17)13(18)10-14(6)19(8-3-4-8)5-9(7(2)20)15(10)21/h5,8H,3-4,18H2,1-2H3. The minimum atomic E-state index is -1.24. The Morgan fingerprint density at radius 1 is 1.33 bits per heavy atom. The van der Waals surface area contributed by atoms with Crippen LogP contribution in [0.2, 0.25) is 0 Å². The van der Waals surface area contributed by atoms with Crippen molar-refractivity contribution in [3.63, 3.8) is 0 Å². The van der Waals surface area contributed by atoms with E-state index in [2.05, 4.69) is 0 Å². The van der Waals surface area contributed by atoms with Crippen molar-refractivity contribution in [3.8, 4) is 0 Å². The molecule has 21 heavy (non-hydrogen) atoms. The molecular weight excluding hydrogens is 278 g/mol. The number of carbonyl (C=O) groups is 1. The minimum absolute atomic E-state index is 0.0378. The zero-order valence-corrected chi connectivity index (χ0v) is 11.7. The molecule has 0 aliphatic heterocycles. The second-order valence-corrected chi connectivity index (χ2v) is 5.46. The second-order valence-electron chi connectivity index (χ2n) is 5.46. The summed E-state index contributed by atoms with van der Waals surface area (Å²) in [6, 6.07) is 0.0918. The van der Waals surface area contributed by atoms with Gasteiger partial charge in [-0.2, -0.15) is 0 Å². The number of nitrogens with two attached hydrogens (primary N) is 1. The Balaban J connectivity index is 2.59. The number of nitrogen functional groups attached to an aromatic ring is 1. The molecule has 0 radical (unpaired) electrons. The zero-order chi connectivity index (χ0) is 15.5. The maximum Gasteiger partial charge on any atom is 0.202 e. The van der Waals surface area contributed by atoms with Gasteiger partial charge in [0, 0.05) is 17.8 Å². The number of hydrogen-bond acceptors (Lipinski definition) is 3. The van der Waals surface area contributed by atoms with Crippen LogP contribution in [0.1, 0.15) is 41.7 Å². The highest BCUT2D eigenvalue weighted by atomic mass is 19.2. The fourth-order valence-corrected chi connectivity index (χ4v) is 2.65. The van der Waals surface area contributed by atoms with Gasteiger partial charge in [0.25, 0.3) is 0 Å². The van der Waals surface area contributed by atoms with Gasteiger partial charge in [-0.3, -0.25) is 9.59 Å². The van der Waals surface area contributed by atoms with Crippen LogP contribution in [0, 0.1) is 18.6 Å². The summed E-state index contributed by atoms with van der Waals surface area (Å²) < 4.78 is 29.5. The van der Waals surface area contributed by atoms with E-state index in [4.69, 9.17) is 5.73 Å². The van der Waals surface area contributed by atoms with Crippen molar-refractivity contribution in [3.05, 3.63) is 39.2 Å². The van der Waals surface area contributed by atoms with Crippen molar-refractivity contribution in [2.45, 2.75) is 32.7 Å². The normalized spacial score (nSPS) is 14.7. The third kappa shape index (κ3) is 1.86. The Bertz CT molecular complexity index is 851. The molecular formula is C15H14F2N2O2. The molecule has 110 valence electrons. The maximum absolute atomic E-state index is 13.9. The summed E-state index contributed by atoms with van der Waals surface area (Å²) in [7, 11) is 0. The molecule has 0 amide bonds. The highest BCUT2D eigenvalue weighted by Crippen LogP contribution is 2.39. The number of rotatable bonds is 2. The molecule has 1 saturated carbocycles. The smallest absolute Gasteiger partial charge is 0.202 e. The summed E-state index contributed by atoms with van der Waals surface area (Å²) in [4.78, 5) is 24.0. The Kier molecular flexibility index (Phi) is 2.86. The zero-order valence-electron chi connectivity index (χ0n) is 11.7. The number of aromatic nitrogens is 1. The SMILES string of the molecule is CC(=O)c1cn(C2CC2)c2c(C)c(F)c(F)c(N)c2c1=O. The molecule has 4 nitrogen and oxygen atoms in total. The third-order valence-electron chi connectivity index (χ3n) is 3.94. The molecule has 2 N–H and O–H groups in total. The molecule has 1 aromatic carbocycles. The first-order valence-electron chi connectivity index (χ1n) is 6.67. The minimum Gasteiger partial charge on any atom is -0.396 e. The van der Waals surface area contributed by atoms with Gasteiger partial charge in [0.1, 0.15) is 0 Å². The largest absolute Gasteiger partial charge is 0.396 e. The number of anilines is 1. The van der Waals surface area contributed by atoms with E-state index in [0.29, 0.717) is 0 Å². The highest BCUT2D eigenvalue weighted by molar-refractivity contribution is 6.01. The lowest BCUT2D eigenvalue weighted by atomic mass is 10.0. The fourth-order valence-electron chi connectivity index (χ4n) is 2.65. The number of benzene rings is 1. The van der Waals surface area contributed by atoms with E-state index in [1.807, 2.05) is 0 Å². The van der Waals surface area contributed by atoms with Gasteiger partial charge < -0.3 is 10.3 Å². The van der Waals surface area contributed by atoms with Crippen LogP contribution in [-0.4, -0.2) is 10.4 Å². The number of nitrogens with zero attached hydrogens (tertiary/aromatic N) is 1. The summed E-state index contributed by atoms with van der Waals surface area (Å²) in [5.74, 6) is -2.71. The number of pyridine rings is 1. The van der Waals surface area contributed by atoms with E-state index in [0.717, 1.165) is 12.8 Å². The van der Waals surface area contributed by atoms with Gasteiger partial charge in [-0.05, 0) is 26.7 Å². The molecule has 0 spiro atoms. The molecule has 0 atom stereocenters. The van der Waals surface area contributed by atoms with Gasteiger partial charge >= 0.3 is 0 Å². The van der Waals surface area contributed by atoms with E-state index in [1.165, 1.54) is 20.0 Å². The van der Waals surface area contributed by atoms with Crippen LogP contribution in [0.5, 0.6) is 0 Å². The van der Waals surface area contributed by atoms with Crippen molar-refractivity contribution in [2.24, 2.45) is 0 Å². The van der Waals surface area contributed by atoms with Crippen LogP contribution in [0.3, 0.4) is 0 Å². The molecule has 1 fully saturated rings. The molecule has 0 saturated heterocycles. The van der Waals surface area contributed by atoms with Crippen LogP contribution in [-0.2, 0) is 0 Å². The number of halogens is 2. The first-order valence-corrected chi connectivity index (χ1v) is 6.67. The van der Waals surface area contributed by atoms with Crippen LogP contribution in [0.25, 0.3) is 10.9 Å². The van der Waals surface area contributed by atoms with E-state index in [9.17, 15) is 18.4 Å². The van der Waals surface area contributed by atoms with Gasteiger partial charge in [0.15, 0.2) is 17.4 Å². The van der Waals surface area contributed by atoms with Crippen molar-refractivity contribution in [2.75, 3.05) is 5.73 Å². The van der Waals surface area contributed by atoms with E-state index in [-0.39, 0.29) is 28.1 Å². The maximum atomic E-state index is 13.9. The molecule has 0 bridgehead atoms. The monoisotopic (exact) mass is 292 g/mol. The number of hydrogen-bond donors (Lipinski definition) is 1. The van der Waals surface area contributed by atoms with E-state index < -0.39 is 28.5 Å². The number of Topliss-reactive ketones (excluding diaryl/α,β-unsaturated/α-hetero) is 1. The number of aryl methyl sites for hydroxylation is 1. The lowest BCUT2D eigenvalue weighted by molar-refractivity contribution is 0.101. The van der Waals surface area contributed by atoms with Crippen molar-refractivity contribution >= 4 is 22.4 Å². The average Bonchev–Trinajstić information content (AvgIpc) is 3.26. The Morgan fingerprint density at radius 3 is 2.48 bits per heavy atom.